The molecule has 30 heavy (non-hydrogen) atoms. The Bertz CT molecular complexity index is 1200. The SMILES string of the molecule is COc1cc(NC(=O)c2ccccc2)c(C)cc1NS(=O)(=O)c1ccc(F)c(Cl)c1. The highest BCUT2D eigenvalue weighted by Gasteiger charge is 2.20. The molecular formula is C21H18ClFN2O4S. The van der Waals surface area contributed by atoms with Crippen LogP contribution in [-0.2, 0) is 10.0 Å². The molecule has 0 spiro atoms. The second-order valence-corrected chi connectivity index (χ2v) is 8.46. The number of methoxy groups -OCH3 is 1. The zero-order valence-corrected chi connectivity index (χ0v) is 17.6. The number of aryl methyl sites for hydroxylation is 1. The molecule has 0 aromatic heterocycles. The van der Waals surface area contributed by atoms with E-state index in [9.17, 15) is 17.6 Å². The molecular weight excluding hydrogens is 431 g/mol. The normalized spacial score (nSPS) is 11.1. The van der Waals surface area contributed by atoms with Gasteiger partial charge in [-0.05, 0) is 48.9 Å². The van der Waals surface area contributed by atoms with E-state index in [1.807, 2.05) is 0 Å². The number of hydrogen-bond donors (Lipinski definition) is 2. The van der Waals surface area contributed by atoms with Gasteiger partial charge in [-0.15, -0.1) is 0 Å². The van der Waals surface area contributed by atoms with E-state index in [4.69, 9.17) is 16.3 Å². The van der Waals surface area contributed by atoms with Crippen molar-refractivity contribution >= 4 is 38.9 Å². The standard InChI is InChI=1S/C21H18ClFN2O4S/c1-13-10-19(25-30(27,28)15-8-9-17(23)16(22)11-15)20(29-2)12-18(13)24-21(26)14-6-4-3-5-7-14/h3-12,25H,1-2H3,(H,24,26). The number of anilines is 2. The first-order valence-electron chi connectivity index (χ1n) is 8.74. The predicted octanol–water partition coefficient (Wildman–Crippen LogP) is 4.85. The average molecular weight is 449 g/mol. The number of carbonyl (C=O) groups excluding carboxylic acids is 1. The van der Waals surface area contributed by atoms with Crippen molar-refractivity contribution in [3.05, 3.63) is 82.6 Å². The van der Waals surface area contributed by atoms with Crippen LogP contribution in [0.2, 0.25) is 5.02 Å². The predicted molar refractivity (Wildman–Crippen MR) is 114 cm³/mol. The topological polar surface area (TPSA) is 84.5 Å². The van der Waals surface area contributed by atoms with Crippen molar-refractivity contribution in [2.75, 3.05) is 17.1 Å². The number of carbonyl (C=O) groups is 1. The zero-order chi connectivity index (χ0) is 21.9. The molecule has 0 aliphatic heterocycles. The van der Waals surface area contributed by atoms with Gasteiger partial charge in [0.15, 0.2) is 0 Å². The Kier molecular flexibility index (Phi) is 6.28. The Hall–Kier alpha value is -3.10. The zero-order valence-electron chi connectivity index (χ0n) is 16.1. The molecule has 2 N–H and O–H groups in total. The summed E-state index contributed by atoms with van der Waals surface area (Å²) < 4.78 is 46.4. The molecule has 0 saturated carbocycles. The molecule has 0 radical (unpaired) electrons. The highest BCUT2D eigenvalue weighted by molar-refractivity contribution is 7.92. The van der Waals surface area contributed by atoms with Crippen molar-refractivity contribution in [1.29, 1.82) is 0 Å². The minimum atomic E-state index is -4.05. The van der Waals surface area contributed by atoms with E-state index in [-0.39, 0.29) is 27.3 Å². The highest BCUT2D eigenvalue weighted by Crippen LogP contribution is 2.33. The molecule has 0 unspecified atom stereocenters. The van der Waals surface area contributed by atoms with E-state index in [1.54, 1.807) is 37.3 Å². The molecule has 0 aliphatic rings. The lowest BCUT2D eigenvalue weighted by Gasteiger charge is -2.16. The van der Waals surface area contributed by atoms with E-state index in [1.165, 1.54) is 19.2 Å². The molecule has 0 bridgehead atoms. The summed E-state index contributed by atoms with van der Waals surface area (Å²) in [6.07, 6.45) is 0. The highest BCUT2D eigenvalue weighted by atomic mass is 35.5. The minimum absolute atomic E-state index is 0.160. The largest absolute Gasteiger partial charge is 0.494 e. The Labute approximate surface area is 178 Å². The van der Waals surface area contributed by atoms with E-state index in [2.05, 4.69) is 10.0 Å². The molecule has 3 aromatic carbocycles. The van der Waals surface area contributed by atoms with Crippen LogP contribution in [0.1, 0.15) is 15.9 Å². The number of hydrogen-bond acceptors (Lipinski definition) is 4. The number of benzene rings is 3. The van der Waals surface area contributed by atoms with Crippen molar-refractivity contribution in [3.8, 4) is 5.75 Å². The second-order valence-electron chi connectivity index (χ2n) is 6.37. The fourth-order valence-corrected chi connectivity index (χ4v) is 4.04. The van der Waals surface area contributed by atoms with E-state index >= 15 is 0 Å². The lowest BCUT2D eigenvalue weighted by Crippen LogP contribution is -2.15. The molecule has 0 fully saturated rings. The summed E-state index contributed by atoms with van der Waals surface area (Å²) in [5.41, 5.74) is 1.71. The molecule has 9 heteroatoms. The van der Waals surface area contributed by atoms with Crippen LogP contribution in [0.5, 0.6) is 5.75 Å². The van der Waals surface area contributed by atoms with Crippen molar-refractivity contribution in [3.63, 3.8) is 0 Å². The summed E-state index contributed by atoms with van der Waals surface area (Å²) in [6.45, 7) is 1.71. The van der Waals surface area contributed by atoms with Crippen molar-refractivity contribution in [1.82, 2.24) is 0 Å². The summed E-state index contributed by atoms with van der Waals surface area (Å²) >= 11 is 5.69. The van der Waals surface area contributed by atoms with Gasteiger partial charge in [0, 0.05) is 17.3 Å². The third-order valence-electron chi connectivity index (χ3n) is 4.28. The van der Waals surface area contributed by atoms with Gasteiger partial charge in [-0.2, -0.15) is 0 Å². The van der Waals surface area contributed by atoms with Crippen molar-refractivity contribution < 1.29 is 22.3 Å². The van der Waals surface area contributed by atoms with Gasteiger partial charge < -0.3 is 10.1 Å². The second kappa shape index (κ2) is 8.73. The van der Waals surface area contributed by atoms with E-state index in [0.717, 1.165) is 18.2 Å². The first-order valence-corrected chi connectivity index (χ1v) is 10.6. The number of amides is 1. The Balaban J connectivity index is 1.90. The average Bonchev–Trinajstić information content (AvgIpc) is 2.72. The van der Waals surface area contributed by atoms with E-state index in [0.29, 0.717) is 16.8 Å². The van der Waals surface area contributed by atoms with Crippen LogP contribution >= 0.6 is 11.6 Å². The van der Waals surface area contributed by atoms with Gasteiger partial charge in [0.1, 0.15) is 11.6 Å². The van der Waals surface area contributed by atoms with Crippen molar-refractivity contribution in [2.45, 2.75) is 11.8 Å². The summed E-state index contributed by atoms with van der Waals surface area (Å²) in [4.78, 5) is 12.2. The molecule has 6 nitrogen and oxygen atoms in total. The van der Waals surface area contributed by atoms with Crippen LogP contribution in [0.15, 0.2) is 65.6 Å². The number of nitrogens with one attached hydrogen (secondary N) is 2. The van der Waals surface area contributed by atoms with Crippen molar-refractivity contribution in [2.24, 2.45) is 0 Å². The molecule has 0 heterocycles. The first kappa shape index (κ1) is 21.6. The van der Waals surface area contributed by atoms with Crippen LogP contribution in [0.3, 0.4) is 0 Å². The molecule has 156 valence electrons. The number of sulfonamides is 1. The lowest BCUT2D eigenvalue weighted by molar-refractivity contribution is 0.102. The third-order valence-corrected chi connectivity index (χ3v) is 5.93. The molecule has 1 amide bonds. The molecule has 0 atom stereocenters. The molecule has 0 saturated heterocycles. The minimum Gasteiger partial charge on any atom is -0.494 e. The maximum Gasteiger partial charge on any atom is 0.262 e. The molecule has 0 aliphatic carbocycles. The first-order chi connectivity index (χ1) is 14.2. The van der Waals surface area contributed by atoms with Gasteiger partial charge in [-0.3, -0.25) is 9.52 Å². The fourth-order valence-electron chi connectivity index (χ4n) is 2.70. The van der Waals surface area contributed by atoms with Crippen LogP contribution < -0.4 is 14.8 Å². The summed E-state index contributed by atoms with van der Waals surface area (Å²) in [6, 6.07) is 14.8. The van der Waals surface area contributed by atoms with Crippen LogP contribution in [-0.4, -0.2) is 21.4 Å². The van der Waals surface area contributed by atoms with Gasteiger partial charge >= 0.3 is 0 Å². The Morgan fingerprint density at radius 3 is 2.37 bits per heavy atom. The fraction of sp³-hybridized carbons (Fsp3) is 0.0952. The molecule has 3 rings (SSSR count). The van der Waals surface area contributed by atoms with Gasteiger partial charge in [0.2, 0.25) is 0 Å². The summed E-state index contributed by atoms with van der Waals surface area (Å²) in [5, 5.41) is 2.48. The summed E-state index contributed by atoms with van der Waals surface area (Å²) in [5.74, 6) is -0.835. The summed E-state index contributed by atoms with van der Waals surface area (Å²) in [7, 11) is -2.67. The van der Waals surface area contributed by atoms with Gasteiger partial charge in [-0.1, -0.05) is 29.8 Å². The maximum atomic E-state index is 13.4. The smallest absolute Gasteiger partial charge is 0.262 e. The monoisotopic (exact) mass is 448 g/mol. The maximum absolute atomic E-state index is 13.4. The van der Waals surface area contributed by atoms with E-state index < -0.39 is 15.8 Å². The van der Waals surface area contributed by atoms with Gasteiger partial charge in [0.25, 0.3) is 15.9 Å². The van der Waals surface area contributed by atoms with Crippen LogP contribution in [0.25, 0.3) is 0 Å². The number of halogens is 2. The quantitative estimate of drug-likeness (QED) is 0.564. The van der Waals surface area contributed by atoms with Gasteiger partial charge in [0.05, 0.1) is 22.7 Å². The van der Waals surface area contributed by atoms with Crippen LogP contribution in [0, 0.1) is 12.7 Å². The number of rotatable bonds is 6. The lowest BCUT2D eigenvalue weighted by atomic mass is 10.1. The Morgan fingerprint density at radius 2 is 1.73 bits per heavy atom. The Morgan fingerprint density at radius 1 is 1.03 bits per heavy atom. The van der Waals surface area contributed by atoms with Gasteiger partial charge in [-0.25, -0.2) is 12.8 Å². The number of ether oxygens (including phenoxy) is 1. The third kappa shape index (κ3) is 4.72. The molecule has 3 aromatic rings. The van der Waals surface area contributed by atoms with Crippen LogP contribution in [0.4, 0.5) is 15.8 Å².